The van der Waals surface area contributed by atoms with Crippen molar-refractivity contribution in [2.24, 2.45) is 0 Å². The van der Waals surface area contributed by atoms with Crippen LogP contribution in [0.1, 0.15) is 16.1 Å². The predicted molar refractivity (Wildman–Crippen MR) is 109 cm³/mol. The number of nitrogens with zero attached hydrogens (tertiary/aromatic N) is 4. The Kier molecular flexibility index (Phi) is 3.94. The van der Waals surface area contributed by atoms with Crippen LogP contribution < -0.4 is 10.2 Å². The molecule has 2 aromatic carbocycles. The molecule has 1 aliphatic rings. The van der Waals surface area contributed by atoms with E-state index in [0.717, 1.165) is 28.7 Å². The molecule has 6 nitrogen and oxygen atoms in total. The summed E-state index contributed by atoms with van der Waals surface area (Å²) in [7, 11) is 0. The van der Waals surface area contributed by atoms with E-state index in [0.29, 0.717) is 18.2 Å². The molecule has 1 amide bonds. The second kappa shape index (κ2) is 6.74. The zero-order valence-electron chi connectivity index (χ0n) is 15.0. The van der Waals surface area contributed by atoms with E-state index in [9.17, 15) is 4.79 Å². The fraction of sp³-hybridized carbons (Fsp3) is 0.0909. The SMILES string of the molecule is O=C(c1ccnc(Nc2cccc3cccnc23)n1)N1CCc2ccccc21. The van der Waals surface area contributed by atoms with Crippen molar-refractivity contribution < 1.29 is 4.79 Å². The van der Waals surface area contributed by atoms with Crippen LogP contribution in [0.4, 0.5) is 17.3 Å². The van der Waals surface area contributed by atoms with Gasteiger partial charge in [-0.25, -0.2) is 9.97 Å². The summed E-state index contributed by atoms with van der Waals surface area (Å²) in [6.45, 7) is 0.665. The van der Waals surface area contributed by atoms with E-state index in [4.69, 9.17) is 0 Å². The Hall–Kier alpha value is -3.80. The molecular formula is C22H17N5O. The van der Waals surface area contributed by atoms with Crippen LogP contribution in [0.25, 0.3) is 10.9 Å². The lowest BCUT2D eigenvalue weighted by molar-refractivity contribution is 0.0984. The lowest BCUT2D eigenvalue weighted by Gasteiger charge is -2.17. The molecule has 6 heteroatoms. The van der Waals surface area contributed by atoms with E-state index in [1.807, 2.05) is 48.5 Å². The number of benzene rings is 2. The Bertz CT molecular complexity index is 1180. The van der Waals surface area contributed by atoms with Crippen molar-refractivity contribution in [2.45, 2.75) is 6.42 Å². The fourth-order valence-corrected chi connectivity index (χ4v) is 3.55. The van der Waals surface area contributed by atoms with Crippen LogP contribution in [0.3, 0.4) is 0 Å². The number of pyridine rings is 1. The first kappa shape index (κ1) is 16.4. The van der Waals surface area contributed by atoms with Gasteiger partial charge in [0.2, 0.25) is 5.95 Å². The summed E-state index contributed by atoms with van der Waals surface area (Å²) in [5.41, 5.74) is 4.14. The molecule has 0 fully saturated rings. The number of fused-ring (bicyclic) bond motifs is 2. The minimum Gasteiger partial charge on any atom is -0.322 e. The van der Waals surface area contributed by atoms with Crippen LogP contribution in [0, 0.1) is 0 Å². The number of nitrogens with one attached hydrogen (secondary N) is 1. The number of carbonyl (C=O) groups is 1. The lowest BCUT2D eigenvalue weighted by Crippen LogP contribution is -2.29. The highest BCUT2D eigenvalue weighted by molar-refractivity contribution is 6.06. The van der Waals surface area contributed by atoms with Crippen molar-refractivity contribution in [3.05, 3.63) is 84.3 Å². The number of hydrogen-bond donors (Lipinski definition) is 1. The lowest BCUT2D eigenvalue weighted by atomic mass is 10.2. The largest absolute Gasteiger partial charge is 0.322 e. The molecule has 1 aliphatic heterocycles. The Morgan fingerprint density at radius 2 is 1.82 bits per heavy atom. The zero-order chi connectivity index (χ0) is 18.9. The van der Waals surface area contributed by atoms with Crippen molar-refractivity contribution in [2.75, 3.05) is 16.8 Å². The summed E-state index contributed by atoms with van der Waals surface area (Å²) >= 11 is 0. The second-order valence-electron chi connectivity index (χ2n) is 6.61. The van der Waals surface area contributed by atoms with Crippen molar-refractivity contribution in [3.8, 4) is 0 Å². The molecule has 0 saturated carbocycles. The average molecular weight is 367 g/mol. The van der Waals surface area contributed by atoms with Crippen molar-refractivity contribution in [3.63, 3.8) is 0 Å². The summed E-state index contributed by atoms with van der Waals surface area (Å²) in [6.07, 6.45) is 4.21. The number of para-hydroxylation sites is 2. The van der Waals surface area contributed by atoms with Gasteiger partial charge in [-0.1, -0.05) is 36.4 Å². The van der Waals surface area contributed by atoms with E-state index in [-0.39, 0.29) is 5.91 Å². The molecule has 0 saturated heterocycles. The minimum atomic E-state index is -0.119. The quantitative estimate of drug-likeness (QED) is 0.593. The van der Waals surface area contributed by atoms with E-state index in [1.54, 1.807) is 23.4 Å². The van der Waals surface area contributed by atoms with Crippen LogP contribution in [0.5, 0.6) is 0 Å². The van der Waals surface area contributed by atoms with Gasteiger partial charge in [0.25, 0.3) is 5.91 Å². The molecule has 0 radical (unpaired) electrons. The third-order valence-corrected chi connectivity index (χ3v) is 4.89. The summed E-state index contributed by atoms with van der Waals surface area (Å²) in [5, 5.41) is 4.22. The zero-order valence-corrected chi connectivity index (χ0v) is 15.0. The maximum absolute atomic E-state index is 13.0. The molecular weight excluding hydrogens is 350 g/mol. The first-order valence-corrected chi connectivity index (χ1v) is 9.13. The smallest absolute Gasteiger partial charge is 0.277 e. The number of amides is 1. The average Bonchev–Trinajstić information content (AvgIpc) is 3.18. The maximum atomic E-state index is 13.0. The number of carbonyl (C=O) groups excluding carboxylic acids is 1. The molecule has 136 valence electrons. The topological polar surface area (TPSA) is 71.0 Å². The molecule has 0 spiro atoms. The number of anilines is 3. The van der Waals surface area contributed by atoms with Gasteiger partial charge >= 0.3 is 0 Å². The van der Waals surface area contributed by atoms with E-state index in [1.165, 1.54) is 5.56 Å². The molecule has 5 rings (SSSR count). The fourth-order valence-electron chi connectivity index (χ4n) is 3.55. The summed E-state index contributed by atoms with van der Waals surface area (Å²) in [4.78, 5) is 28.0. The third-order valence-electron chi connectivity index (χ3n) is 4.89. The van der Waals surface area contributed by atoms with Crippen LogP contribution >= 0.6 is 0 Å². The van der Waals surface area contributed by atoms with Crippen molar-refractivity contribution >= 4 is 34.1 Å². The van der Waals surface area contributed by atoms with Gasteiger partial charge in [0.05, 0.1) is 11.2 Å². The highest BCUT2D eigenvalue weighted by atomic mass is 16.2. The van der Waals surface area contributed by atoms with Crippen LogP contribution in [0.2, 0.25) is 0 Å². The van der Waals surface area contributed by atoms with Crippen LogP contribution in [-0.4, -0.2) is 27.4 Å². The molecule has 28 heavy (non-hydrogen) atoms. The Labute approximate surface area is 161 Å². The number of aromatic nitrogens is 3. The van der Waals surface area contributed by atoms with E-state index in [2.05, 4.69) is 26.3 Å². The van der Waals surface area contributed by atoms with E-state index >= 15 is 0 Å². The van der Waals surface area contributed by atoms with Crippen LogP contribution in [-0.2, 0) is 6.42 Å². The molecule has 2 aromatic heterocycles. The molecule has 0 aliphatic carbocycles. The maximum Gasteiger partial charge on any atom is 0.277 e. The second-order valence-corrected chi connectivity index (χ2v) is 6.61. The summed E-state index contributed by atoms with van der Waals surface area (Å²) < 4.78 is 0. The van der Waals surface area contributed by atoms with Crippen LogP contribution in [0.15, 0.2) is 73.1 Å². The monoisotopic (exact) mass is 367 g/mol. The number of hydrogen-bond acceptors (Lipinski definition) is 5. The van der Waals surface area contributed by atoms with Gasteiger partial charge in [0.15, 0.2) is 0 Å². The van der Waals surface area contributed by atoms with Crippen molar-refractivity contribution in [1.29, 1.82) is 0 Å². The minimum absolute atomic E-state index is 0.119. The standard InChI is InChI=1S/C22H17N5O/c28-21(27-14-11-15-5-1-2-9-19(15)27)18-10-13-24-22(26-18)25-17-8-3-6-16-7-4-12-23-20(16)17/h1-10,12-13H,11,14H2,(H,24,25,26). The first-order valence-electron chi connectivity index (χ1n) is 9.13. The molecule has 0 bridgehead atoms. The normalized spacial score (nSPS) is 12.8. The summed E-state index contributed by atoms with van der Waals surface area (Å²) in [5.74, 6) is 0.253. The Morgan fingerprint density at radius 3 is 2.79 bits per heavy atom. The van der Waals surface area contributed by atoms with Gasteiger partial charge in [-0.3, -0.25) is 9.78 Å². The Balaban J connectivity index is 1.45. The van der Waals surface area contributed by atoms with Gasteiger partial charge in [-0.05, 0) is 36.2 Å². The van der Waals surface area contributed by atoms with Gasteiger partial charge < -0.3 is 10.2 Å². The highest BCUT2D eigenvalue weighted by Gasteiger charge is 2.26. The molecule has 3 heterocycles. The first-order chi connectivity index (χ1) is 13.8. The molecule has 1 N–H and O–H groups in total. The Morgan fingerprint density at radius 1 is 0.929 bits per heavy atom. The van der Waals surface area contributed by atoms with Gasteiger partial charge in [-0.2, -0.15) is 0 Å². The van der Waals surface area contributed by atoms with Gasteiger partial charge in [0, 0.05) is 30.0 Å². The number of rotatable bonds is 3. The summed E-state index contributed by atoms with van der Waals surface area (Å²) in [6, 6.07) is 19.4. The molecule has 0 atom stereocenters. The van der Waals surface area contributed by atoms with Gasteiger partial charge in [-0.15, -0.1) is 0 Å². The third kappa shape index (κ3) is 2.85. The molecule has 4 aromatic rings. The van der Waals surface area contributed by atoms with E-state index < -0.39 is 0 Å². The molecule has 0 unspecified atom stereocenters. The highest BCUT2D eigenvalue weighted by Crippen LogP contribution is 2.29. The predicted octanol–water partition coefficient (Wildman–Crippen LogP) is 3.97. The van der Waals surface area contributed by atoms with Crippen molar-refractivity contribution in [1.82, 2.24) is 15.0 Å². The van der Waals surface area contributed by atoms with Gasteiger partial charge in [0.1, 0.15) is 5.69 Å².